The monoisotopic (exact) mass is 183 g/mol. The van der Waals surface area contributed by atoms with Crippen LogP contribution in [0.2, 0.25) is 0 Å². The molecule has 0 aliphatic rings. The average molecular weight is 183 g/mol. The molecule has 0 aromatic heterocycles. The number of nitrogens with zero attached hydrogens (tertiary/aromatic N) is 1. The van der Waals surface area contributed by atoms with E-state index in [0.717, 1.165) is 0 Å². The predicted molar refractivity (Wildman–Crippen MR) is 56.1 cm³/mol. The fraction of sp³-hybridized carbons (Fsp3) is 0.400. The van der Waals surface area contributed by atoms with Gasteiger partial charge in [-0.1, -0.05) is 32.6 Å². The number of ether oxygens (including phenoxy) is 1. The van der Waals surface area contributed by atoms with Crippen LogP contribution in [0.15, 0.2) is 29.8 Å². The van der Waals surface area contributed by atoms with E-state index in [1.807, 2.05) is 13.8 Å². The van der Waals surface area contributed by atoms with Crippen LogP contribution in [0.25, 0.3) is 0 Å². The standard InChI is InChI=1S/C8H11NO2.C2H6/c1-4-5-6-7(9-2)8(10)11-3;1-2/h4-6H,1H2,2-3H3;1-2H3/b6-5-,9-7?;. The van der Waals surface area contributed by atoms with Crippen molar-refractivity contribution in [3.05, 3.63) is 24.8 Å². The number of aliphatic imine (C=N–C) groups is 1. The van der Waals surface area contributed by atoms with E-state index in [2.05, 4.69) is 16.3 Å². The summed E-state index contributed by atoms with van der Waals surface area (Å²) in [6.07, 6.45) is 4.73. The molecular formula is C10H17NO2. The minimum Gasteiger partial charge on any atom is -0.464 e. The summed E-state index contributed by atoms with van der Waals surface area (Å²) >= 11 is 0. The highest BCUT2D eigenvalue weighted by Crippen LogP contribution is 1.85. The van der Waals surface area contributed by atoms with Crippen molar-refractivity contribution in [3.63, 3.8) is 0 Å². The molecule has 3 nitrogen and oxygen atoms in total. The highest BCUT2D eigenvalue weighted by molar-refractivity contribution is 6.41. The summed E-state index contributed by atoms with van der Waals surface area (Å²) in [5, 5.41) is 0. The Bertz CT molecular complexity index is 205. The van der Waals surface area contributed by atoms with Crippen LogP contribution in [-0.4, -0.2) is 25.8 Å². The van der Waals surface area contributed by atoms with Gasteiger partial charge in [0.15, 0.2) is 0 Å². The van der Waals surface area contributed by atoms with Crippen molar-refractivity contribution in [2.24, 2.45) is 4.99 Å². The van der Waals surface area contributed by atoms with Crippen molar-refractivity contribution in [2.75, 3.05) is 14.2 Å². The molecule has 0 aliphatic carbocycles. The molecule has 0 unspecified atom stereocenters. The molecule has 74 valence electrons. The molecule has 0 radical (unpaired) electrons. The summed E-state index contributed by atoms with van der Waals surface area (Å²) < 4.78 is 4.45. The number of hydrogen-bond donors (Lipinski definition) is 0. The quantitative estimate of drug-likeness (QED) is 0.381. The van der Waals surface area contributed by atoms with Gasteiger partial charge in [-0.05, 0) is 6.08 Å². The van der Waals surface area contributed by atoms with Crippen molar-refractivity contribution >= 4 is 11.7 Å². The summed E-state index contributed by atoms with van der Waals surface area (Å²) in [5.74, 6) is -0.439. The van der Waals surface area contributed by atoms with Gasteiger partial charge in [0.1, 0.15) is 5.71 Å². The minimum atomic E-state index is -0.439. The average Bonchev–Trinajstić information content (AvgIpc) is 2.21. The number of rotatable bonds is 3. The van der Waals surface area contributed by atoms with Crippen molar-refractivity contribution < 1.29 is 9.53 Å². The Labute approximate surface area is 79.8 Å². The SMILES string of the molecule is C=C/C=C\C(=NC)C(=O)OC.CC. The number of hydrogen-bond acceptors (Lipinski definition) is 3. The second kappa shape index (κ2) is 10.6. The third-order valence-corrected chi connectivity index (χ3v) is 1.03. The Balaban J connectivity index is 0. The Hall–Kier alpha value is -1.38. The van der Waals surface area contributed by atoms with Crippen LogP contribution in [0.5, 0.6) is 0 Å². The molecule has 13 heavy (non-hydrogen) atoms. The maximum atomic E-state index is 10.8. The molecule has 0 fully saturated rings. The Morgan fingerprint density at radius 3 is 2.31 bits per heavy atom. The fourth-order valence-electron chi connectivity index (χ4n) is 0.498. The molecule has 0 heterocycles. The van der Waals surface area contributed by atoms with Crippen LogP contribution >= 0.6 is 0 Å². The molecule has 0 aromatic carbocycles. The lowest BCUT2D eigenvalue weighted by atomic mass is 10.3. The zero-order valence-corrected chi connectivity index (χ0v) is 8.70. The minimum absolute atomic E-state index is 0.285. The van der Waals surface area contributed by atoms with Crippen molar-refractivity contribution in [2.45, 2.75) is 13.8 Å². The second-order valence-electron chi connectivity index (χ2n) is 1.70. The zero-order chi connectivity index (χ0) is 10.7. The van der Waals surface area contributed by atoms with Gasteiger partial charge in [0.05, 0.1) is 7.11 Å². The normalized spacial score (nSPS) is 10.3. The highest BCUT2D eigenvalue weighted by Gasteiger charge is 2.04. The van der Waals surface area contributed by atoms with E-state index in [-0.39, 0.29) is 5.71 Å². The lowest BCUT2D eigenvalue weighted by Crippen LogP contribution is -2.12. The third-order valence-electron chi connectivity index (χ3n) is 1.03. The molecular weight excluding hydrogens is 166 g/mol. The summed E-state index contributed by atoms with van der Waals surface area (Å²) in [6, 6.07) is 0. The molecule has 0 rings (SSSR count). The maximum absolute atomic E-state index is 10.8. The van der Waals surface area contributed by atoms with Crippen LogP contribution < -0.4 is 0 Å². The Morgan fingerprint density at radius 1 is 1.46 bits per heavy atom. The van der Waals surface area contributed by atoms with Gasteiger partial charge in [0.2, 0.25) is 0 Å². The van der Waals surface area contributed by atoms with Crippen LogP contribution in [0.4, 0.5) is 0 Å². The zero-order valence-electron chi connectivity index (χ0n) is 8.70. The first-order valence-electron chi connectivity index (χ1n) is 4.10. The van der Waals surface area contributed by atoms with Crippen LogP contribution in [0.1, 0.15) is 13.8 Å². The van der Waals surface area contributed by atoms with Crippen LogP contribution in [-0.2, 0) is 9.53 Å². The maximum Gasteiger partial charge on any atom is 0.356 e. The summed E-state index contributed by atoms with van der Waals surface area (Å²) in [6.45, 7) is 7.46. The molecule has 0 saturated heterocycles. The van der Waals surface area contributed by atoms with Crippen LogP contribution in [0, 0.1) is 0 Å². The summed E-state index contributed by atoms with van der Waals surface area (Å²) in [5.41, 5.74) is 0.285. The molecule has 0 aliphatic heterocycles. The number of carbonyl (C=O) groups is 1. The number of carbonyl (C=O) groups excluding carboxylic acids is 1. The van der Waals surface area contributed by atoms with Gasteiger partial charge < -0.3 is 4.74 Å². The van der Waals surface area contributed by atoms with Gasteiger partial charge in [-0.2, -0.15) is 0 Å². The molecule has 0 bridgehead atoms. The van der Waals surface area contributed by atoms with Gasteiger partial charge >= 0.3 is 5.97 Å². The number of methoxy groups -OCH3 is 1. The lowest BCUT2D eigenvalue weighted by Gasteiger charge is -1.95. The first-order valence-corrected chi connectivity index (χ1v) is 4.10. The number of esters is 1. The van der Waals surface area contributed by atoms with Gasteiger partial charge in [-0.25, -0.2) is 4.79 Å². The highest BCUT2D eigenvalue weighted by atomic mass is 16.5. The smallest absolute Gasteiger partial charge is 0.356 e. The van der Waals surface area contributed by atoms with E-state index in [9.17, 15) is 4.79 Å². The van der Waals surface area contributed by atoms with E-state index in [0.29, 0.717) is 0 Å². The van der Waals surface area contributed by atoms with E-state index < -0.39 is 5.97 Å². The Morgan fingerprint density at radius 2 is 2.00 bits per heavy atom. The predicted octanol–water partition coefficient (Wildman–Crippen LogP) is 2.00. The van der Waals surface area contributed by atoms with Crippen LogP contribution in [0.3, 0.4) is 0 Å². The summed E-state index contributed by atoms with van der Waals surface area (Å²) in [7, 11) is 2.84. The largest absolute Gasteiger partial charge is 0.464 e. The third kappa shape index (κ3) is 7.00. The molecule has 3 heteroatoms. The molecule has 0 N–H and O–H groups in total. The van der Waals surface area contributed by atoms with Crippen molar-refractivity contribution in [3.8, 4) is 0 Å². The molecule has 0 saturated carbocycles. The number of allylic oxidation sites excluding steroid dienone is 2. The van der Waals surface area contributed by atoms with E-state index in [1.165, 1.54) is 14.2 Å². The van der Waals surface area contributed by atoms with Crippen molar-refractivity contribution in [1.82, 2.24) is 0 Å². The van der Waals surface area contributed by atoms with E-state index >= 15 is 0 Å². The Kier molecular flexibility index (Phi) is 11.6. The molecule has 0 aromatic rings. The van der Waals surface area contributed by atoms with Gasteiger partial charge in [0, 0.05) is 7.05 Å². The first kappa shape index (κ1) is 14.2. The van der Waals surface area contributed by atoms with Gasteiger partial charge in [0.25, 0.3) is 0 Å². The van der Waals surface area contributed by atoms with Crippen molar-refractivity contribution in [1.29, 1.82) is 0 Å². The van der Waals surface area contributed by atoms with E-state index in [1.54, 1.807) is 18.2 Å². The summed E-state index contributed by atoms with van der Waals surface area (Å²) in [4.78, 5) is 14.5. The van der Waals surface area contributed by atoms with E-state index in [4.69, 9.17) is 0 Å². The second-order valence-corrected chi connectivity index (χ2v) is 1.70. The lowest BCUT2D eigenvalue weighted by molar-refractivity contribution is -0.132. The topological polar surface area (TPSA) is 38.7 Å². The molecule has 0 atom stereocenters. The van der Waals surface area contributed by atoms with Gasteiger partial charge in [-0.3, -0.25) is 4.99 Å². The first-order chi connectivity index (χ1) is 6.26. The molecule has 0 spiro atoms. The molecule has 0 amide bonds. The van der Waals surface area contributed by atoms with Gasteiger partial charge in [-0.15, -0.1) is 0 Å². The fourth-order valence-corrected chi connectivity index (χ4v) is 0.498.